The lowest BCUT2D eigenvalue weighted by Gasteiger charge is -2.27. The van der Waals surface area contributed by atoms with Crippen molar-refractivity contribution in [1.82, 2.24) is 4.90 Å². The summed E-state index contributed by atoms with van der Waals surface area (Å²) in [5, 5.41) is 0. The van der Waals surface area contributed by atoms with Crippen LogP contribution < -0.4 is 4.74 Å². The summed E-state index contributed by atoms with van der Waals surface area (Å²) in [5.41, 5.74) is 0.481. The SMILES string of the molecule is COC(=O)[C@H](CC(C)C)N(C)C(=O)c1cccc(OC)c1. The lowest BCUT2D eigenvalue weighted by molar-refractivity contribution is -0.146. The predicted molar refractivity (Wildman–Crippen MR) is 80.3 cm³/mol. The summed E-state index contributed by atoms with van der Waals surface area (Å²) >= 11 is 0. The molecule has 0 bridgehead atoms. The molecule has 0 aliphatic rings. The molecule has 116 valence electrons. The molecule has 1 aromatic carbocycles. The molecule has 0 aliphatic heterocycles. The van der Waals surface area contributed by atoms with Gasteiger partial charge in [0, 0.05) is 12.6 Å². The Labute approximate surface area is 125 Å². The Kier molecular flexibility index (Phi) is 6.21. The van der Waals surface area contributed by atoms with Gasteiger partial charge in [-0.1, -0.05) is 19.9 Å². The van der Waals surface area contributed by atoms with E-state index < -0.39 is 12.0 Å². The first-order chi connectivity index (χ1) is 9.90. The fourth-order valence-electron chi connectivity index (χ4n) is 2.10. The van der Waals surface area contributed by atoms with Crippen molar-refractivity contribution in [2.24, 2.45) is 5.92 Å². The van der Waals surface area contributed by atoms with Gasteiger partial charge in [0.2, 0.25) is 0 Å². The number of esters is 1. The molecule has 21 heavy (non-hydrogen) atoms. The van der Waals surface area contributed by atoms with Crippen LogP contribution in [0.3, 0.4) is 0 Å². The van der Waals surface area contributed by atoms with Crippen molar-refractivity contribution >= 4 is 11.9 Å². The average molecular weight is 293 g/mol. The molecule has 0 saturated heterocycles. The Hall–Kier alpha value is -2.04. The van der Waals surface area contributed by atoms with Crippen molar-refractivity contribution in [3.63, 3.8) is 0 Å². The number of hydrogen-bond donors (Lipinski definition) is 0. The number of benzene rings is 1. The molecular formula is C16H23NO4. The van der Waals surface area contributed by atoms with Crippen LogP contribution >= 0.6 is 0 Å². The molecule has 0 aromatic heterocycles. The second-order valence-electron chi connectivity index (χ2n) is 5.32. The van der Waals surface area contributed by atoms with E-state index in [0.717, 1.165) is 0 Å². The van der Waals surface area contributed by atoms with Gasteiger partial charge in [-0.2, -0.15) is 0 Å². The van der Waals surface area contributed by atoms with Crippen molar-refractivity contribution in [2.45, 2.75) is 26.3 Å². The van der Waals surface area contributed by atoms with E-state index in [1.807, 2.05) is 13.8 Å². The minimum atomic E-state index is -0.589. The predicted octanol–water partition coefficient (Wildman–Crippen LogP) is 2.35. The molecule has 0 radical (unpaired) electrons. The number of likely N-dealkylation sites (N-methyl/N-ethyl adjacent to an activating group) is 1. The molecule has 0 unspecified atom stereocenters. The Morgan fingerprint density at radius 3 is 2.43 bits per heavy atom. The van der Waals surface area contributed by atoms with Gasteiger partial charge in [-0.25, -0.2) is 4.79 Å². The smallest absolute Gasteiger partial charge is 0.328 e. The van der Waals surface area contributed by atoms with Gasteiger partial charge in [0.15, 0.2) is 0 Å². The van der Waals surface area contributed by atoms with Crippen LogP contribution in [0.4, 0.5) is 0 Å². The largest absolute Gasteiger partial charge is 0.497 e. The number of nitrogens with zero attached hydrogens (tertiary/aromatic N) is 1. The van der Waals surface area contributed by atoms with E-state index in [2.05, 4.69) is 0 Å². The molecule has 0 spiro atoms. The summed E-state index contributed by atoms with van der Waals surface area (Å²) in [6.07, 6.45) is 0.554. The number of carbonyl (C=O) groups excluding carboxylic acids is 2. The molecule has 5 heteroatoms. The monoisotopic (exact) mass is 293 g/mol. The van der Waals surface area contributed by atoms with E-state index >= 15 is 0 Å². The molecule has 0 aliphatic carbocycles. The highest BCUT2D eigenvalue weighted by molar-refractivity contribution is 5.97. The highest BCUT2D eigenvalue weighted by Crippen LogP contribution is 2.18. The van der Waals surface area contributed by atoms with Gasteiger partial charge in [0.05, 0.1) is 14.2 Å². The van der Waals surface area contributed by atoms with Gasteiger partial charge in [0.25, 0.3) is 5.91 Å². The summed E-state index contributed by atoms with van der Waals surface area (Å²) in [7, 11) is 4.49. The summed E-state index contributed by atoms with van der Waals surface area (Å²) < 4.78 is 9.92. The van der Waals surface area contributed by atoms with Crippen LogP contribution in [-0.2, 0) is 9.53 Å². The second kappa shape index (κ2) is 7.67. The van der Waals surface area contributed by atoms with Crippen LogP contribution in [0.5, 0.6) is 5.75 Å². The zero-order valence-corrected chi connectivity index (χ0v) is 13.3. The number of methoxy groups -OCH3 is 2. The quantitative estimate of drug-likeness (QED) is 0.756. The summed E-state index contributed by atoms with van der Waals surface area (Å²) in [4.78, 5) is 25.9. The third-order valence-electron chi connectivity index (χ3n) is 3.27. The van der Waals surface area contributed by atoms with Crippen molar-refractivity contribution in [1.29, 1.82) is 0 Å². The molecule has 1 amide bonds. The topological polar surface area (TPSA) is 55.8 Å². The average Bonchev–Trinajstić information content (AvgIpc) is 2.50. The minimum Gasteiger partial charge on any atom is -0.497 e. The van der Waals surface area contributed by atoms with Gasteiger partial charge in [-0.3, -0.25) is 4.79 Å². The number of amides is 1. The number of hydrogen-bond acceptors (Lipinski definition) is 4. The molecule has 0 saturated carbocycles. The maximum absolute atomic E-state index is 12.5. The third-order valence-corrected chi connectivity index (χ3v) is 3.27. The highest BCUT2D eigenvalue weighted by atomic mass is 16.5. The van der Waals surface area contributed by atoms with E-state index in [-0.39, 0.29) is 11.8 Å². The van der Waals surface area contributed by atoms with Crippen molar-refractivity contribution in [3.8, 4) is 5.75 Å². The van der Waals surface area contributed by atoms with Crippen LogP contribution in [-0.4, -0.2) is 44.1 Å². The summed E-state index contributed by atoms with van der Waals surface area (Å²) in [6.45, 7) is 4.00. The summed E-state index contributed by atoms with van der Waals surface area (Å²) in [6, 6.07) is 6.28. The first kappa shape index (κ1) is 17.0. The van der Waals surface area contributed by atoms with Crippen LogP contribution in [0, 0.1) is 5.92 Å². The molecule has 0 fully saturated rings. The van der Waals surface area contributed by atoms with Gasteiger partial charge in [0.1, 0.15) is 11.8 Å². The van der Waals surface area contributed by atoms with E-state index in [1.165, 1.54) is 12.0 Å². The van der Waals surface area contributed by atoms with Crippen LogP contribution in [0.15, 0.2) is 24.3 Å². The fraction of sp³-hybridized carbons (Fsp3) is 0.500. The minimum absolute atomic E-state index is 0.232. The van der Waals surface area contributed by atoms with E-state index in [4.69, 9.17) is 9.47 Å². The zero-order valence-electron chi connectivity index (χ0n) is 13.3. The van der Waals surface area contributed by atoms with Crippen LogP contribution in [0.25, 0.3) is 0 Å². The van der Waals surface area contributed by atoms with Crippen molar-refractivity contribution in [2.75, 3.05) is 21.3 Å². The number of ether oxygens (including phenoxy) is 2. The van der Waals surface area contributed by atoms with E-state index in [1.54, 1.807) is 38.4 Å². The second-order valence-corrected chi connectivity index (χ2v) is 5.32. The lowest BCUT2D eigenvalue weighted by atomic mass is 10.0. The first-order valence-corrected chi connectivity index (χ1v) is 6.89. The van der Waals surface area contributed by atoms with Crippen LogP contribution in [0.2, 0.25) is 0 Å². The molecule has 5 nitrogen and oxygen atoms in total. The Balaban J connectivity index is 2.98. The van der Waals surface area contributed by atoms with E-state index in [0.29, 0.717) is 17.7 Å². The highest BCUT2D eigenvalue weighted by Gasteiger charge is 2.29. The normalized spacial score (nSPS) is 11.9. The van der Waals surface area contributed by atoms with Crippen molar-refractivity contribution in [3.05, 3.63) is 29.8 Å². The molecule has 0 heterocycles. The molecule has 1 aromatic rings. The Morgan fingerprint density at radius 2 is 1.90 bits per heavy atom. The summed E-state index contributed by atoms with van der Waals surface area (Å²) in [5.74, 6) is 0.245. The standard InChI is InChI=1S/C16H23NO4/c1-11(2)9-14(16(19)21-5)17(3)15(18)12-7-6-8-13(10-12)20-4/h6-8,10-11,14H,9H2,1-5H3/t14-/m0/s1. The Bertz CT molecular complexity index is 499. The van der Waals surface area contributed by atoms with Gasteiger partial charge >= 0.3 is 5.97 Å². The first-order valence-electron chi connectivity index (χ1n) is 6.89. The molecule has 0 N–H and O–H groups in total. The number of rotatable bonds is 6. The van der Waals surface area contributed by atoms with Crippen molar-refractivity contribution < 1.29 is 19.1 Å². The van der Waals surface area contributed by atoms with Gasteiger partial charge < -0.3 is 14.4 Å². The third kappa shape index (κ3) is 4.48. The Morgan fingerprint density at radius 1 is 1.24 bits per heavy atom. The van der Waals surface area contributed by atoms with Crippen LogP contribution in [0.1, 0.15) is 30.6 Å². The molecule has 1 rings (SSSR count). The number of carbonyl (C=O) groups is 2. The lowest BCUT2D eigenvalue weighted by Crippen LogP contribution is -2.43. The van der Waals surface area contributed by atoms with Gasteiger partial charge in [-0.15, -0.1) is 0 Å². The maximum Gasteiger partial charge on any atom is 0.328 e. The zero-order chi connectivity index (χ0) is 16.0. The molecular weight excluding hydrogens is 270 g/mol. The fourth-order valence-corrected chi connectivity index (χ4v) is 2.10. The van der Waals surface area contributed by atoms with Gasteiger partial charge in [-0.05, 0) is 30.5 Å². The molecule has 1 atom stereocenters. The van der Waals surface area contributed by atoms with E-state index in [9.17, 15) is 9.59 Å². The maximum atomic E-state index is 12.5.